The van der Waals surface area contributed by atoms with Gasteiger partial charge in [0, 0.05) is 63.2 Å². The molecule has 216 valence electrons. The second kappa shape index (κ2) is 14.0. The van der Waals surface area contributed by atoms with Crippen molar-refractivity contribution >= 4 is 52.1 Å². The molecule has 2 aromatic rings. The normalized spacial score (nSPS) is 17.2. The summed E-state index contributed by atoms with van der Waals surface area (Å²) >= 11 is 5.48. The SMILES string of the molecule is CC(C)(C)OC(=O)N1CCN(CCC[NH2+]/C=C(\C=N)c2cnc3ccc(NC(=S)NC4CCCC4)nc3c2)CC1. The van der Waals surface area contributed by atoms with E-state index in [4.69, 9.17) is 27.3 Å². The minimum absolute atomic E-state index is 0.226. The van der Waals surface area contributed by atoms with E-state index in [9.17, 15) is 4.79 Å². The number of quaternary nitrogens is 1. The van der Waals surface area contributed by atoms with Crippen LogP contribution in [-0.2, 0) is 4.74 Å². The van der Waals surface area contributed by atoms with Crippen molar-refractivity contribution in [3.63, 3.8) is 0 Å². The Balaban J connectivity index is 1.24. The highest BCUT2D eigenvalue weighted by Gasteiger charge is 2.25. The van der Waals surface area contributed by atoms with E-state index in [2.05, 4.69) is 25.8 Å². The molecule has 1 aliphatic heterocycles. The molecule has 2 aromatic heterocycles. The van der Waals surface area contributed by atoms with Gasteiger partial charge in [-0.3, -0.25) is 9.88 Å². The van der Waals surface area contributed by atoms with E-state index in [0.717, 1.165) is 67.6 Å². The summed E-state index contributed by atoms with van der Waals surface area (Å²) < 4.78 is 5.48. The molecule has 40 heavy (non-hydrogen) atoms. The van der Waals surface area contributed by atoms with Crippen LogP contribution in [0.4, 0.5) is 10.6 Å². The van der Waals surface area contributed by atoms with Gasteiger partial charge in [0.05, 0.1) is 23.2 Å². The maximum Gasteiger partial charge on any atom is 0.410 e. The lowest BCUT2D eigenvalue weighted by molar-refractivity contribution is -0.587. The fraction of sp³-hybridized carbons (Fsp3) is 0.552. The van der Waals surface area contributed by atoms with Gasteiger partial charge < -0.3 is 31.0 Å². The van der Waals surface area contributed by atoms with Crippen LogP contribution >= 0.6 is 12.2 Å². The van der Waals surface area contributed by atoms with Crippen LogP contribution in [0.2, 0.25) is 0 Å². The number of carbonyl (C=O) groups excluding carboxylic acids is 1. The summed E-state index contributed by atoms with van der Waals surface area (Å²) in [5.41, 5.74) is 2.73. The number of fused-ring (bicyclic) bond motifs is 1. The Bertz CT molecular complexity index is 1210. The zero-order valence-corrected chi connectivity index (χ0v) is 24.7. The molecule has 1 saturated heterocycles. The van der Waals surface area contributed by atoms with Crippen molar-refractivity contribution in [2.24, 2.45) is 0 Å². The van der Waals surface area contributed by atoms with E-state index in [-0.39, 0.29) is 6.09 Å². The summed E-state index contributed by atoms with van der Waals surface area (Å²) in [6, 6.07) is 6.23. The summed E-state index contributed by atoms with van der Waals surface area (Å²) in [6.45, 7) is 10.7. The summed E-state index contributed by atoms with van der Waals surface area (Å²) in [6.07, 6.45) is 10.7. The Hall–Kier alpha value is -3.15. The number of nitrogens with two attached hydrogens (primary N) is 1. The van der Waals surface area contributed by atoms with Crippen LogP contribution in [0.5, 0.6) is 0 Å². The van der Waals surface area contributed by atoms with Crippen LogP contribution in [0, 0.1) is 5.41 Å². The zero-order chi connectivity index (χ0) is 28.5. The number of carbonyl (C=O) groups is 1. The number of hydrogen-bond donors (Lipinski definition) is 4. The summed E-state index contributed by atoms with van der Waals surface area (Å²) in [4.78, 5) is 25.7. The third kappa shape index (κ3) is 8.94. The van der Waals surface area contributed by atoms with Crippen LogP contribution in [-0.4, -0.2) is 88.1 Å². The molecule has 0 spiro atoms. The summed E-state index contributed by atoms with van der Waals surface area (Å²) in [5, 5.41) is 17.2. The summed E-state index contributed by atoms with van der Waals surface area (Å²) in [5.74, 6) is 0.681. The van der Waals surface area contributed by atoms with Crippen molar-refractivity contribution in [2.75, 3.05) is 44.6 Å². The van der Waals surface area contributed by atoms with Crippen molar-refractivity contribution in [1.82, 2.24) is 25.1 Å². The number of anilines is 1. The van der Waals surface area contributed by atoms with Crippen LogP contribution in [0.15, 0.2) is 30.6 Å². The van der Waals surface area contributed by atoms with E-state index in [1.54, 1.807) is 11.1 Å². The van der Waals surface area contributed by atoms with Crippen LogP contribution in [0.25, 0.3) is 16.6 Å². The zero-order valence-electron chi connectivity index (χ0n) is 23.9. The van der Waals surface area contributed by atoms with Gasteiger partial charge in [-0.1, -0.05) is 12.8 Å². The molecule has 0 aromatic carbocycles. The molecule has 11 heteroatoms. The molecule has 4 rings (SSSR count). The van der Waals surface area contributed by atoms with Gasteiger partial charge in [-0.15, -0.1) is 0 Å². The van der Waals surface area contributed by atoms with Gasteiger partial charge in [0.1, 0.15) is 17.6 Å². The largest absolute Gasteiger partial charge is 0.444 e. The number of aromatic nitrogens is 2. The first kappa shape index (κ1) is 29.8. The molecule has 0 unspecified atom stereocenters. The third-order valence-corrected chi connectivity index (χ3v) is 7.34. The number of amides is 1. The van der Waals surface area contributed by atoms with Crippen molar-refractivity contribution in [2.45, 2.75) is 64.5 Å². The third-order valence-electron chi connectivity index (χ3n) is 7.12. The molecular weight excluding hydrogens is 524 g/mol. The predicted octanol–water partition coefficient (Wildman–Crippen LogP) is 3.36. The van der Waals surface area contributed by atoms with Gasteiger partial charge in [-0.2, -0.15) is 0 Å². The van der Waals surface area contributed by atoms with Crippen molar-refractivity contribution in [3.8, 4) is 0 Å². The van der Waals surface area contributed by atoms with Crippen LogP contribution in [0.1, 0.15) is 58.4 Å². The van der Waals surface area contributed by atoms with Crippen molar-refractivity contribution in [3.05, 3.63) is 36.2 Å². The molecule has 10 nitrogen and oxygen atoms in total. The van der Waals surface area contributed by atoms with E-state index in [1.165, 1.54) is 19.1 Å². The Morgan fingerprint density at radius 1 is 1.20 bits per heavy atom. The van der Waals surface area contributed by atoms with E-state index < -0.39 is 5.60 Å². The van der Waals surface area contributed by atoms with Gasteiger partial charge in [0.15, 0.2) is 5.11 Å². The molecule has 5 N–H and O–H groups in total. The lowest BCUT2D eigenvalue weighted by atomic mass is 10.1. The van der Waals surface area contributed by atoms with Gasteiger partial charge in [0.2, 0.25) is 0 Å². The standard InChI is InChI=1S/C29H42N8O2S/c1-29(2,3)39-28(38)37-15-13-36(14-16-37)12-6-11-31-19-22(18-30)21-17-25-24(32-20-21)9-10-26(34-25)35-27(40)33-23-7-4-5-8-23/h9-10,17-20,23,30-31H,4-8,11-16H2,1-3H3,(H2,33,34,35,40)/p+1/b22-19+,30-18?. The van der Waals surface area contributed by atoms with Crippen molar-refractivity contribution < 1.29 is 14.8 Å². The first-order valence-electron chi connectivity index (χ1n) is 14.3. The number of allylic oxidation sites excluding steroid dienone is 1. The minimum Gasteiger partial charge on any atom is -0.444 e. The molecule has 0 atom stereocenters. The minimum atomic E-state index is -0.466. The number of nitrogens with zero attached hydrogens (tertiary/aromatic N) is 4. The van der Waals surface area contributed by atoms with Crippen LogP contribution < -0.4 is 16.0 Å². The number of hydrogen-bond acceptors (Lipinski definition) is 7. The highest BCUT2D eigenvalue weighted by atomic mass is 32.1. The Kier molecular flexibility index (Phi) is 10.4. The molecule has 2 fully saturated rings. The van der Waals surface area contributed by atoms with Gasteiger partial charge in [-0.25, -0.2) is 9.78 Å². The number of ether oxygens (including phenoxy) is 1. The Morgan fingerprint density at radius 3 is 2.65 bits per heavy atom. The Labute approximate surface area is 242 Å². The van der Waals surface area contributed by atoms with Gasteiger partial charge in [-0.05, 0) is 64.0 Å². The second-order valence-electron chi connectivity index (χ2n) is 11.5. The second-order valence-corrected chi connectivity index (χ2v) is 11.9. The number of pyridine rings is 2. The molecule has 1 aliphatic carbocycles. The maximum absolute atomic E-state index is 12.3. The molecule has 0 bridgehead atoms. The average molecular weight is 568 g/mol. The fourth-order valence-electron chi connectivity index (χ4n) is 4.99. The van der Waals surface area contributed by atoms with E-state index in [0.29, 0.717) is 30.1 Å². The number of piperazine rings is 1. The lowest BCUT2D eigenvalue weighted by Gasteiger charge is -2.35. The Morgan fingerprint density at radius 2 is 1.95 bits per heavy atom. The van der Waals surface area contributed by atoms with Crippen molar-refractivity contribution in [1.29, 1.82) is 5.41 Å². The monoisotopic (exact) mass is 567 g/mol. The quantitative estimate of drug-likeness (QED) is 0.207. The topological polar surface area (TPSA) is 123 Å². The molecule has 1 saturated carbocycles. The van der Waals surface area contributed by atoms with Gasteiger partial charge >= 0.3 is 6.09 Å². The highest BCUT2D eigenvalue weighted by Crippen LogP contribution is 2.20. The predicted molar refractivity (Wildman–Crippen MR) is 164 cm³/mol. The fourth-order valence-corrected chi connectivity index (χ4v) is 5.26. The molecule has 3 heterocycles. The van der Waals surface area contributed by atoms with E-state index in [1.807, 2.05) is 45.2 Å². The number of rotatable bonds is 9. The van der Waals surface area contributed by atoms with E-state index >= 15 is 0 Å². The number of nitrogens with one attached hydrogen (secondary N) is 3. The molecular formula is C29H43N8O2S+. The van der Waals surface area contributed by atoms with Gasteiger partial charge in [0.25, 0.3) is 0 Å². The first-order valence-corrected chi connectivity index (χ1v) is 14.7. The van der Waals surface area contributed by atoms with Crippen LogP contribution in [0.3, 0.4) is 0 Å². The smallest absolute Gasteiger partial charge is 0.410 e. The summed E-state index contributed by atoms with van der Waals surface area (Å²) in [7, 11) is 0. The maximum atomic E-state index is 12.3. The molecule has 2 aliphatic rings. The molecule has 1 amide bonds. The molecule has 0 radical (unpaired) electrons. The lowest BCUT2D eigenvalue weighted by Crippen LogP contribution is -2.78. The highest BCUT2D eigenvalue weighted by molar-refractivity contribution is 7.80. The number of thiocarbonyl (C=S) groups is 1. The first-order chi connectivity index (χ1) is 19.2. The average Bonchev–Trinajstić information content (AvgIpc) is 3.42.